The minimum atomic E-state index is -4.83. The third-order valence-corrected chi connectivity index (χ3v) is 2.92. The predicted molar refractivity (Wildman–Crippen MR) is 45.5 cm³/mol. The first-order chi connectivity index (χ1) is 6.39. The van der Waals surface area contributed by atoms with Crippen molar-refractivity contribution in [3.05, 3.63) is 0 Å². The van der Waals surface area contributed by atoms with Gasteiger partial charge in [0.2, 0.25) is 5.67 Å². The lowest BCUT2D eigenvalue weighted by Crippen LogP contribution is -2.48. The number of hydrogen-bond acceptors (Lipinski definition) is 1. The van der Waals surface area contributed by atoms with Crippen LogP contribution in [-0.2, 0) is 0 Å². The molecule has 1 aliphatic carbocycles. The molecule has 2 N–H and O–H groups in total. The quantitative estimate of drug-likeness (QED) is 0.717. The van der Waals surface area contributed by atoms with Gasteiger partial charge in [0.15, 0.2) is 0 Å². The van der Waals surface area contributed by atoms with E-state index in [-0.39, 0.29) is 5.92 Å². The van der Waals surface area contributed by atoms with Gasteiger partial charge in [-0.1, -0.05) is 25.7 Å². The summed E-state index contributed by atoms with van der Waals surface area (Å²) in [6.07, 6.45) is -2.09. The molecule has 0 amide bonds. The molecule has 1 nitrogen and oxygen atoms in total. The molecule has 0 heterocycles. The average Bonchev–Trinajstić information content (AvgIpc) is 2.54. The van der Waals surface area contributed by atoms with Crippen molar-refractivity contribution in [2.24, 2.45) is 11.7 Å². The summed E-state index contributed by atoms with van der Waals surface area (Å²) in [4.78, 5) is 0. The van der Waals surface area contributed by atoms with E-state index in [9.17, 15) is 17.6 Å². The van der Waals surface area contributed by atoms with Crippen LogP contribution in [0, 0.1) is 5.92 Å². The Bertz CT molecular complexity index is 186. The molecule has 0 aromatic carbocycles. The van der Waals surface area contributed by atoms with Crippen molar-refractivity contribution < 1.29 is 17.6 Å². The van der Waals surface area contributed by atoms with Crippen molar-refractivity contribution in [1.82, 2.24) is 0 Å². The van der Waals surface area contributed by atoms with E-state index in [2.05, 4.69) is 0 Å². The standard InChI is InChI=1S/C9H15F4N/c10-8(6-14,9(11,12)13)5-7-3-1-2-4-7/h7H,1-6,14H2. The summed E-state index contributed by atoms with van der Waals surface area (Å²) in [5, 5.41) is 0. The van der Waals surface area contributed by atoms with E-state index in [0.717, 1.165) is 12.8 Å². The summed E-state index contributed by atoms with van der Waals surface area (Å²) in [6, 6.07) is 0. The fraction of sp³-hybridized carbons (Fsp3) is 1.00. The average molecular weight is 213 g/mol. The van der Waals surface area contributed by atoms with Gasteiger partial charge in [0.1, 0.15) is 0 Å². The Morgan fingerprint density at radius 2 is 1.57 bits per heavy atom. The van der Waals surface area contributed by atoms with Crippen LogP contribution in [0.15, 0.2) is 0 Å². The molecule has 1 atom stereocenters. The second-order valence-corrected chi connectivity index (χ2v) is 4.02. The number of rotatable bonds is 3. The summed E-state index contributed by atoms with van der Waals surface area (Å²) in [5.41, 5.74) is 1.70. The van der Waals surface area contributed by atoms with Crippen LogP contribution in [0.3, 0.4) is 0 Å². The maximum Gasteiger partial charge on any atom is 0.423 e. The van der Waals surface area contributed by atoms with E-state index in [1.165, 1.54) is 0 Å². The van der Waals surface area contributed by atoms with E-state index in [0.29, 0.717) is 12.8 Å². The van der Waals surface area contributed by atoms with Crippen molar-refractivity contribution in [2.75, 3.05) is 6.54 Å². The molecule has 0 bridgehead atoms. The van der Waals surface area contributed by atoms with Crippen LogP contribution in [0.1, 0.15) is 32.1 Å². The molecule has 0 saturated heterocycles. The van der Waals surface area contributed by atoms with Crippen LogP contribution >= 0.6 is 0 Å². The lowest BCUT2D eigenvalue weighted by molar-refractivity contribution is -0.232. The van der Waals surface area contributed by atoms with Crippen molar-refractivity contribution in [2.45, 2.75) is 43.9 Å². The Labute approximate surface area is 80.7 Å². The fourth-order valence-electron chi connectivity index (χ4n) is 1.99. The van der Waals surface area contributed by atoms with Gasteiger partial charge in [0, 0.05) is 6.54 Å². The summed E-state index contributed by atoms with van der Waals surface area (Å²) >= 11 is 0. The van der Waals surface area contributed by atoms with Crippen LogP contribution < -0.4 is 5.73 Å². The van der Waals surface area contributed by atoms with Crippen molar-refractivity contribution in [3.63, 3.8) is 0 Å². The summed E-state index contributed by atoms with van der Waals surface area (Å²) in [6.45, 7) is -0.965. The van der Waals surface area contributed by atoms with Gasteiger partial charge in [0.25, 0.3) is 0 Å². The lowest BCUT2D eigenvalue weighted by atomic mass is 9.90. The molecule has 14 heavy (non-hydrogen) atoms. The van der Waals surface area contributed by atoms with E-state index in [1.54, 1.807) is 0 Å². The first kappa shape index (κ1) is 11.8. The van der Waals surface area contributed by atoms with Crippen LogP contribution in [0.5, 0.6) is 0 Å². The highest BCUT2D eigenvalue weighted by Gasteiger charge is 2.55. The highest BCUT2D eigenvalue weighted by atomic mass is 19.4. The summed E-state index contributed by atoms with van der Waals surface area (Å²) < 4.78 is 50.3. The first-order valence-electron chi connectivity index (χ1n) is 4.85. The van der Waals surface area contributed by atoms with Gasteiger partial charge >= 0.3 is 6.18 Å². The molecule has 1 saturated carbocycles. The van der Waals surface area contributed by atoms with Gasteiger partial charge in [-0.15, -0.1) is 0 Å². The van der Waals surface area contributed by atoms with E-state index < -0.39 is 24.8 Å². The highest BCUT2D eigenvalue weighted by Crippen LogP contribution is 2.41. The van der Waals surface area contributed by atoms with Crippen molar-refractivity contribution >= 4 is 0 Å². The Morgan fingerprint density at radius 1 is 1.07 bits per heavy atom. The van der Waals surface area contributed by atoms with Crippen LogP contribution in [0.2, 0.25) is 0 Å². The summed E-state index contributed by atoms with van der Waals surface area (Å²) in [5.74, 6) is -0.148. The number of alkyl halides is 4. The molecule has 0 radical (unpaired) electrons. The normalized spacial score (nSPS) is 23.8. The predicted octanol–water partition coefficient (Wildman–Crippen LogP) is 2.80. The first-order valence-corrected chi connectivity index (χ1v) is 4.85. The van der Waals surface area contributed by atoms with Gasteiger partial charge < -0.3 is 5.73 Å². The third-order valence-electron chi connectivity index (χ3n) is 2.92. The Balaban J connectivity index is 2.60. The van der Waals surface area contributed by atoms with E-state index in [1.807, 2.05) is 0 Å². The molecular weight excluding hydrogens is 198 g/mol. The van der Waals surface area contributed by atoms with Gasteiger partial charge in [-0.05, 0) is 12.3 Å². The van der Waals surface area contributed by atoms with E-state index >= 15 is 0 Å². The lowest BCUT2D eigenvalue weighted by Gasteiger charge is -2.28. The maximum atomic E-state index is 13.4. The zero-order chi connectivity index (χ0) is 10.8. The molecule has 0 aromatic heterocycles. The summed E-state index contributed by atoms with van der Waals surface area (Å²) in [7, 11) is 0. The van der Waals surface area contributed by atoms with Crippen LogP contribution in [-0.4, -0.2) is 18.4 Å². The largest absolute Gasteiger partial charge is 0.423 e. The molecule has 0 spiro atoms. The Hall–Kier alpha value is -0.320. The molecular formula is C9H15F4N. The number of nitrogens with two attached hydrogens (primary N) is 1. The monoisotopic (exact) mass is 213 g/mol. The zero-order valence-electron chi connectivity index (χ0n) is 7.91. The molecule has 1 fully saturated rings. The fourth-order valence-corrected chi connectivity index (χ4v) is 1.99. The SMILES string of the molecule is NCC(F)(CC1CCCC1)C(F)(F)F. The van der Waals surface area contributed by atoms with Crippen LogP contribution in [0.25, 0.3) is 0 Å². The van der Waals surface area contributed by atoms with Crippen molar-refractivity contribution in [1.29, 1.82) is 0 Å². The Morgan fingerprint density at radius 3 is 1.93 bits per heavy atom. The van der Waals surface area contributed by atoms with Gasteiger partial charge in [-0.25, -0.2) is 4.39 Å². The second-order valence-electron chi connectivity index (χ2n) is 4.02. The molecule has 1 unspecified atom stereocenters. The topological polar surface area (TPSA) is 26.0 Å². The number of hydrogen-bond donors (Lipinski definition) is 1. The van der Waals surface area contributed by atoms with Crippen molar-refractivity contribution in [3.8, 4) is 0 Å². The van der Waals surface area contributed by atoms with Gasteiger partial charge in [-0.2, -0.15) is 13.2 Å². The molecule has 1 aliphatic rings. The van der Waals surface area contributed by atoms with E-state index in [4.69, 9.17) is 5.73 Å². The minimum absolute atomic E-state index is 0.148. The van der Waals surface area contributed by atoms with Gasteiger partial charge in [0.05, 0.1) is 0 Å². The maximum absolute atomic E-state index is 13.4. The highest BCUT2D eigenvalue weighted by molar-refractivity contribution is 4.91. The second kappa shape index (κ2) is 4.04. The third kappa shape index (κ3) is 2.38. The molecule has 84 valence electrons. The zero-order valence-corrected chi connectivity index (χ0v) is 7.91. The molecule has 0 aromatic rings. The van der Waals surface area contributed by atoms with Gasteiger partial charge in [-0.3, -0.25) is 0 Å². The molecule has 5 heteroatoms. The number of halogens is 4. The molecule has 1 rings (SSSR count). The minimum Gasteiger partial charge on any atom is -0.327 e. The molecule has 0 aliphatic heterocycles. The van der Waals surface area contributed by atoms with Crippen LogP contribution in [0.4, 0.5) is 17.6 Å². The Kier molecular flexibility index (Phi) is 3.40. The smallest absolute Gasteiger partial charge is 0.327 e.